The molecule has 3 nitrogen and oxygen atoms in total. The van der Waals surface area contributed by atoms with E-state index in [0.29, 0.717) is 13.2 Å². The van der Waals surface area contributed by atoms with E-state index in [4.69, 9.17) is 4.74 Å². The molecule has 0 unspecified atom stereocenters. The van der Waals surface area contributed by atoms with Crippen molar-refractivity contribution in [3.05, 3.63) is 63.6 Å². The van der Waals surface area contributed by atoms with Crippen molar-refractivity contribution in [1.82, 2.24) is 4.90 Å². The second kappa shape index (κ2) is 6.18. The number of hydrogen-bond acceptors (Lipinski definition) is 3. The first-order valence-corrected chi connectivity index (χ1v) is 7.78. The molecule has 0 aliphatic carbocycles. The molecule has 0 saturated carbocycles. The minimum absolute atomic E-state index is 0.435. The van der Waals surface area contributed by atoms with Gasteiger partial charge < -0.3 is 9.84 Å². The number of rotatable bonds is 3. The standard InChI is InChI=1S/C17H18BrNO2/c1-19-9-13-4-7-15(8-16(13)17(20)10-19)21-11-12-2-5-14(18)6-3-12/h2-8,17,20H,9-11H2,1H3/t17-/m0/s1. The van der Waals surface area contributed by atoms with Gasteiger partial charge in [-0.25, -0.2) is 0 Å². The summed E-state index contributed by atoms with van der Waals surface area (Å²) in [4.78, 5) is 2.12. The first-order chi connectivity index (χ1) is 10.1. The summed E-state index contributed by atoms with van der Waals surface area (Å²) >= 11 is 3.42. The molecule has 1 N–H and O–H groups in total. The Morgan fingerprint density at radius 3 is 2.76 bits per heavy atom. The maximum atomic E-state index is 10.2. The van der Waals surface area contributed by atoms with Crippen LogP contribution in [0.5, 0.6) is 5.75 Å². The fraction of sp³-hybridized carbons (Fsp3) is 0.294. The van der Waals surface area contributed by atoms with Gasteiger partial charge in [0, 0.05) is 17.6 Å². The molecule has 2 aromatic rings. The number of β-amino-alcohol motifs (C(OH)–C–C–N with tert-alkyl or cyclic N) is 1. The van der Waals surface area contributed by atoms with Gasteiger partial charge in [-0.2, -0.15) is 0 Å². The second-order valence-electron chi connectivity index (χ2n) is 5.49. The Labute approximate surface area is 133 Å². The molecule has 0 fully saturated rings. The van der Waals surface area contributed by atoms with Crippen LogP contribution < -0.4 is 4.74 Å². The smallest absolute Gasteiger partial charge is 0.120 e. The fourth-order valence-corrected chi connectivity index (χ4v) is 2.88. The Morgan fingerprint density at radius 2 is 2.00 bits per heavy atom. The van der Waals surface area contributed by atoms with Gasteiger partial charge in [-0.05, 0) is 48.0 Å². The highest BCUT2D eigenvalue weighted by Gasteiger charge is 2.21. The predicted molar refractivity (Wildman–Crippen MR) is 86.2 cm³/mol. The van der Waals surface area contributed by atoms with Crippen LogP contribution in [0.3, 0.4) is 0 Å². The highest BCUT2D eigenvalue weighted by Crippen LogP contribution is 2.29. The topological polar surface area (TPSA) is 32.7 Å². The number of likely N-dealkylation sites (N-methyl/N-ethyl adjacent to an activating group) is 1. The molecule has 2 aromatic carbocycles. The molecule has 21 heavy (non-hydrogen) atoms. The molecule has 1 aliphatic rings. The highest BCUT2D eigenvalue weighted by atomic mass is 79.9. The zero-order valence-corrected chi connectivity index (χ0v) is 13.5. The van der Waals surface area contributed by atoms with E-state index < -0.39 is 6.10 Å². The molecular weight excluding hydrogens is 330 g/mol. The largest absolute Gasteiger partial charge is 0.489 e. The van der Waals surface area contributed by atoms with Crippen molar-refractivity contribution in [2.24, 2.45) is 0 Å². The van der Waals surface area contributed by atoms with Crippen LogP contribution in [-0.2, 0) is 13.2 Å². The number of aliphatic hydroxyl groups excluding tert-OH is 1. The summed E-state index contributed by atoms with van der Waals surface area (Å²) in [6, 6.07) is 14.1. The predicted octanol–water partition coefficient (Wildman–Crippen LogP) is 3.51. The van der Waals surface area contributed by atoms with E-state index in [0.717, 1.165) is 27.9 Å². The lowest BCUT2D eigenvalue weighted by Crippen LogP contribution is -2.30. The minimum Gasteiger partial charge on any atom is -0.489 e. The Balaban J connectivity index is 1.72. The lowest BCUT2D eigenvalue weighted by Gasteiger charge is -2.29. The van der Waals surface area contributed by atoms with Gasteiger partial charge in [0.15, 0.2) is 0 Å². The summed E-state index contributed by atoms with van der Waals surface area (Å²) in [5, 5.41) is 10.2. The maximum absolute atomic E-state index is 10.2. The van der Waals surface area contributed by atoms with Gasteiger partial charge in [-0.1, -0.05) is 34.1 Å². The molecule has 0 spiro atoms. The molecule has 0 amide bonds. The lowest BCUT2D eigenvalue weighted by atomic mass is 9.97. The summed E-state index contributed by atoms with van der Waals surface area (Å²) in [6.45, 7) is 2.07. The number of benzene rings is 2. The lowest BCUT2D eigenvalue weighted by molar-refractivity contribution is 0.107. The quantitative estimate of drug-likeness (QED) is 0.922. The van der Waals surface area contributed by atoms with Crippen molar-refractivity contribution in [3.63, 3.8) is 0 Å². The maximum Gasteiger partial charge on any atom is 0.120 e. The Kier molecular flexibility index (Phi) is 4.29. The number of halogens is 1. The Morgan fingerprint density at radius 1 is 1.24 bits per heavy atom. The molecule has 0 bridgehead atoms. The number of hydrogen-bond donors (Lipinski definition) is 1. The van der Waals surface area contributed by atoms with Crippen LogP contribution in [0.1, 0.15) is 22.8 Å². The third kappa shape index (κ3) is 3.46. The van der Waals surface area contributed by atoms with Gasteiger partial charge in [-0.3, -0.25) is 4.90 Å². The highest BCUT2D eigenvalue weighted by molar-refractivity contribution is 9.10. The summed E-state index contributed by atoms with van der Waals surface area (Å²) in [5.74, 6) is 0.806. The van der Waals surface area contributed by atoms with Gasteiger partial charge in [0.2, 0.25) is 0 Å². The molecule has 1 heterocycles. The van der Waals surface area contributed by atoms with Crippen molar-refractivity contribution >= 4 is 15.9 Å². The fourth-order valence-electron chi connectivity index (χ4n) is 2.61. The summed E-state index contributed by atoms with van der Waals surface area (Å²) in [7, 11) is 2.02. The zero-order chi connectivity index (χ0) is 14.8. The second-order valence-corrected chi connectivity index (χ2v) is 6.40. The van der Waals surface area contributed by atoms with Gasteiger partial charge >= 0.3 is 0 Å². The van der Waals surface area contributed by atoms with Gasteiger partial charge in [0.05, 0.1) is 6.10 Å². The van der Waals surface area contributed by atoms with Crippen LogP contribution in [-0.4, -0.2) is 23.6 Å². The van der Waals surface area contributed by atoms with Crippen LogP contribution in [0.4, 0.5) is 0 Å². The van der Waals surface area contributed by atoms with Gasteiger partial charge in [-0.15, -0.1) is 0 Å². The van der Waals surface area contributed by atoms with Crippen LogP contribution >= 0.6 is 15.9 Å². The van der Waals surface area contributed by atoms with Crippen LogP contribution in [0.2, 0.25) is 0 Å². The van der Waals surface area contributed by atoms with Crippen LogP contribution in [0.15, 0.2) is 46.9 Å². The Hall–Kier alpha value is -1.36. The molecular formula is C17H18BrNO2. The van der Waals surface area contributed by atoms with E-state index in [1.807, 2.05) is 49.5 Å². The number of fused-ring (bicyclic) bond motifs is 1. The zero-order valence-electron chi connectivity index (χ0n) is 11.9. The van der Waals surface area contributed by atoms with E-state index in [2.05, 4.69) is 20.8 Å². The monoisotopic (exact) mass is 347 g/mol. The van der Waals surface area contributed by atoms with Crippen molar-refractivity contribution in [2.45, 2.75) is 19.3 Å². The molecule has 0 aromatic heterocycles. The van der Waals surface area contributed by atoms with E-state index in [1.54, 1.807) is 0 Å². The van der Waals surface area contributed by atoms with Crippen molar-refractivity contribution < 1.29 is 9.84 Å². The molecule has 3 rings (SSSR count). The number of ether oxygens (including phenoxy) is 1. The molecule has 1 atom stereocenters. The average Bonchev–Trinajstić information content (AvgIpc) is 2.47. The normalized spacial score (nSPS) is 18.3. The average molecular weight is 348 g/mol. The molecule has 1 aliphatic heterocycles. The van der Waals surface area contributed by atoms with Crippen molar-refractivity contribution in [1.29, 1.82) is 0 Å². The molecule has 4 heteroatoms. The summed E-state index contributed by atoms with van der Waals surface area (Å²) in [6.07, 6.45) is -0.435. The van der Waals surface area contributed by atoms with Crippen LogP contribution in [0, 0.1) is 0 Å². The number of nitrogens with zero attached hydrogens (tertiary/aromatic N) is 1. The van der Waals surface area contributed by atoms with Gasteiger partial charge in [0.25, 0.3) is 0 Å². The van der Waals surface area contributed by atoms with Crippen molar-refractivity contribution in [2.75, 3.05) is 13.6 Å². The van der Waals surface area contributed by atoms with E-state index in [-0.39, 0.29) is 0 Å². The SMILES string of the molecule is CN1Cc2ccc(OCc3ccc(Br)cc3)cc2[C@@H](O)C1. The first-order valence-electron chi connectivity index (χ1n) is 6.98. The third-order valence-electron chi connectivity index (χ3n) is 3.72. The minimum atomic E-state index is -0.435. The van der Waals surface area contributed by atoms with Crippen molar-refractivity contribution in [3.8, 4) is 5.75 Å². The number of aliphatic hydroxyl groups is 1. The third-order valence-corrected chi connectivity index (χ3v) is 4.25. The van der Waals surface area contributed by atoms with E-state index in [9.17, 15) is 5.11 Å². The Bertz CT molecular complexity index is 627. The summed E-state index contributed by atoms with van der Waals surface area (Å²) < 4.78 is 6.90. The summed E-state index contributed by atoms with van der Waals surface area (Å²) in [5.41, 5.74) is 3.28. The van der Waals surface area contributed by atoms with E-state index in [1.165, 1.54) is 5.56 Å². The van der Waals surface area contributed by atoms with E-state index >= 15 is 0 Å². The molecule has 0 saturated heterocycles. The molecule has 110 valence electrons. The van der Waals surface area contributed by atoms with Gasteiger partial charge in [0.1, 0.15) is 12.4 Å². The molecule has 0 radical (unpaired) electrons. The van der Waals surface area contributed by atoms with Crippen LogP contribution in [0.25, 0.3) is 0 Å². The first kappa shape index (κ1) is 14.6.